The Kier molecular flexibility index (Phi) is 8.38. The number of amides is 3. The van der Waals surface area contributed by atoms with E-state index in [0.717, 1.165) is 26.4 Å². The molecule has 4 aromatic rings. The first kappa shape index (κ1) is 26.8. The third-order valence-corrected chi connectivity index (χ3v) is 7.01. The summed E-state index contributed by atoms with van der Waals surface area (Å²) < 4.78 is 1.06. The van der Waals surface area contributed by atoms with Crippen LogP contribution in [0.25, 0.3) is 10.2 Å². The van der Waals surface area contributed by atoms with Crippen molar-refractivity contribution in [2.75, 3.05) is 5.32 Å². The Hall–Kier alpha value is -4.24. The molecule has 9 heteroatoms. The maximum absolute atomic E-state index is 13.4. The topological polar surface area (TPSA) is 112 Å². The predicted octanol–water partition coefficient (Wildman–Crippen LogP) is 5.68. The quantitative estimate of drug-likeness (QED) is 0.258. The van der Waals surface area contributed by atoms with Crippen LogP contribution in [-0.4, -0.2) is 38.9 Å². The molecule has 3 N–H and O–H groups in total. The number of rotatable bonds is 9. The highest BCUT2D eigenvalue weighted by molar-refractivity contribution is 7.18. The Morgan fingerprint density at radius 3 is 2.24 bits per heavy atom. The molecular weight excluding hydrogens is 500 g/mol. The molecule has 0 bridgehead atoms. The summed E-state index contributed by atoms with van der Waals surface area (Å²) in [6, 6.07) is 21.0. The molecule has 0 aliphatic heterocycles. The van der Waals surface area contributed by atoms with Crippen LogP contribution in [0.15, 0.2) is 72.8 Å². The Balaban J connectivity index is 1.50. The molecule has 0 unspecified atom stereocenters. The minimum atomic E-state index is -1.07. The smallest absolute Gasteiger partial charge is 0.326 e. The number of aromatic nitrogens is 1. The van der Waals surface area contributed by atoms with Crippen LogP contribution in [0, 0.1) is 12.8 Å². The van der Waals surface area contributed by atoms with E-state index < -0.39 is 17.9 Å². The molecule has 1 atom stereocenters. The van der Waals surface area contributed by atoms with E-state index in [9.17, 15) is 19.5 Å². The summed E-state index contributed by atoms with van der Waals surface area (Å²) >= 11 is 1.61. The van der Waals surface area contributed by atoms with Crippen molar-refractivity contribution < 1.29 is 19.5 Å². The highest BCUT2D eigenvalue weighted by atomic mass is 32.1. The van der Waals surface area contributed by atoms with Crippen LogP contribution in [0.2, 0.25) is 0 Å². The minimum absolute atomic E-state index is 0.249. The maximum atomic E-state index is 13.4. The van der Waals surface area contributed by atoms with Crippen LogP contribution in [0.5, 0.6) is 0 Å². The van der Waals surface area contributed by atoms with Gasteiger partial charge in [-0.1, -0.05) is 56.3 Å². The normalized spacial score (nSPS) is 11.8. The Bertz CT molecular complexity index is 1430. The van der Waals surface area contributed by atoms with E-state index in [1.54, 1.807) is 54.3 Å². The van der Waals surface area contributed by atoms with E-state index in [-0.39, 0.29) is 11.9 Å². The van der Waals surface area contributed by atoms with Crippen molar-refractivity contribution in [1.29, 1.82) is 0 Å². The fraction of sp³-hybridized carbons (Fsp3) is 0.241. The molecule has 1 heterocycles. The van der Waals surface area contributed by atoms with Crippen molar-refractivity contribution in [1.82, 2.24) is 15.2 Å². The minimum Gasteiger partial charge on any atom is -0.480 e. The van der Waals surface area contributed by atoms with E-state index >= 15 is 0 Å². The van der Waals surface area contributed by atoms with Crippen LogP contribution in [0.1, 0.15) is 40.3 Å². The summed E-state index contributed by atoms with van der Waals surface area (Å²) in [6.45, 7) is 6.13. The molecule has 0 fully saturated rings. The van der Waals surface area contributed by atoms with Crippen LogP contribution in [0.3, 0.4) is 0 Å². The molecule has 0 aliphatic carbocycles. The number of benzene rings is 3. The Morgan fingerprint density at radius 2 is 1.61 bits per heavy atom. The molecule has 1 aromatic heterocycles. The van der Waals surface area contributed by atoms with E-state index in [4.69, 9.17) is 0 Å². The lowest BCUT2D eigenvalue weighted by atomic mass is 10.0. The van der Waals surface area contributed by atoms with Gasteiger partial charge < -0.3 is 20.6 Å². The predicted molar refractivity (Wildman–Crippen MR) is 149 cm³/mol. The monoisotopic (exact) mass is 530 g/mol. The average Bonchev–Trinajstić information content (AvgIpc) is 3.26. The third-order valence-electron chi connectivity index (χ3n) is 6.06. The summed E-state index contributed by atoms with van der Waals surface area (Å²) in [4.78, 5) is 43.6. The maximum Gasteiger partial charge on any atom is 0.326 e. The number of carbonyl (C=O) groups is 3. The second-order valence-corrected chi connectivity index (χ2v) is 10.7. The van der Waals surface area contributed by atoms with Crippen LogP contribution >= 0.6 is 11.3 Å². The fourth-order valence-electron chi connectivity index (χ4n) is 4.05. The molecule has 0 saturated carbocycles. The zero-order valence-corrected chi connectivity index (χ0v) is 22.3. The number of carbonyl (C=O) groups excluding carboxylic acids is 2. The van der Waals surface area contributed by atoms with Crippen molar-refractivity contribution in [3.8, 4) is 0 Å². The lowest BCUT2D eigenvalue weighted by molar-refractivity contribution is -0.140. The standard InChI is InChI=1S/C29H30N4O4S/c1-18(2)26(28(35)36)32-27(34)22-11-9-21(10-12-22)17-33(16-20-7-5-4-6-8-20)29(37)31-23-13-14-25-24(15-23)30-19(3)38-25/h4-15,18,26H,16-17H2,1-3H3,(H,31,37)(H,32,34)(H,35,36)/t26-/m0/s1. The van der Waals surface area contributed by atoms with Gasteiger partial charge in [-0.25, -0.2) is 14.6 Å². The highest BCUT2D eigenvalue weighted by Crippen LogP contribution is 2.25. The number of anilines is 1. The van der Waals surface area contributed by atoms with Gasteiger partial charge in [-0.2, -0.15) is 0 Å². The molecule has 0 saturated heterocycles. The molecule has 196 valence electrons. The zero-order chi connectivity index (χ0) is 27.2. The largest absolute Gasteiger partial charge is 0.480 e. The van der Waals surface area contributed by atoms with Gasteiger partial charge >= 0.3 is 12.0 Å². The molecule has 38 heavy (non-hydrogen) atoms. The number of thiazole rings is 1. The lowest BCUT2D eigenvalue weighted by Gasteiger charge is -2.24. The van der Waals surface area contributed by atoms with Gasteiger partial charge in [0.2, 0.25) is 0 Å². The van der Waals surface area contributed by atoms with Gasteiger partial charge in [0.25, 0.3) is 5.91 Å². The summed E-state index contributed by atoms with van der Waals surface area (Å²) in [5, 5.41) is 15.9. The van der Waals surface area contributed by atoms with Gasteiger partial charge in [-0.05, 0) is 54.3 Å². The van der Waals surface area contributed by atoms with E-state index in [1.165, 1.54) is 0 Å². The number of nitrogens with zero attached hydrogens (tertiary/aromatic N) is 2. The summed E-state index contributed by atoms with van der Waals surface area (Å²) in [5.74, 6) is -1.78. The number of nitrogens with one attached hydrogen (secondary N) is 2. The van der Waals surface area contributed by atoms with Gasteiger partial charge in [0.1, 0.15) is 6.04 Å². The third kappa shape index (κ3) is 6.74. The van der Waals surface area contributed by atoms with Crippen molar-refractivity contribution >= 4 is 45.1 Å². The number of hydrogen-bond acceptors (Lipinski definition) is 5. The van der Waals surface area contributed by atoms with Crippen molar-refractivity contribution in [3.05, 3.63) is 94.5 Å². The Labute approximate surface area is 225 Å². The number of aliphatic carboxylic acids is 1. The van der Waals surface area contributed by atoms with Gasteiger partial charge in [-0.3, -0.25) is 4.79 Å². The number of aryl methyl sites for hydroxylation is 1. The molecule has 0 aliphatic rings. The highest BCUT2D eigenvalue weighted by Gasteiger charge is 2.24. The van der Waals surface area contributed by atoms with Crippen LogP contribution < -0.4 is 10.6 Å². The summed E-state index contributed by atoms with van der Waals surface area (Å²) in [5.41, 5.74) is 3.67. The molecule has 3 aromatic carbocycles. The lowest BCUT2D eigenvalue weighted by Crippen LogP contribution is -2.44. The van der Waals surface area contributed by atoms with Gasteiger partial charge in [0, 0.05) is 24.3 Å². The number of carboxylic acid groups (broad SMARTS) is 1. The average molecular weight is 531 g/mol. The van der Waals surface area contributed by atoms with Crippen LogP contribution in [0.4, 0.5) is 10.5 Å². The van der Waals surface area contributed by atoms with E-state index in [2.05, 4.69) is 15.6 Å². The van der Waals surface area contributed by atoms with Crippen molar-refractivity contribution in [2.45, 2.75) is 39.9 Å². The molecule has 8 nitrogen and oxygen atoms in total. The number of urea groups is 1. The second-order valence-electron chi connectivity index (χ2n) is 9.42. The molecule has 3 amide bonds. The van der Waals surface area contributed by atoms with Crippen molar-refractivity contribution in [3.63, 3.8) is 0 Å². The van der Waals surface area contributed by atoms with Gasteiger partial charge in [0.05, 0.1) is 15.2 Å². The molecule has 4 rings (SSSR count). The number of carboxylic acids is 1. The summed E-state index contributed by atoms with van der Waals surface area (Å²) in [6.07, 6.45) is 0. The molecule has 0 spiro atoms. The molecular formula is C29H30N4O4S. The van der Waals surface area contributed by atoms with Gasteiger partial charge in [0.15, 0.2) is 0 Å². The first-order valence-corrected chi connectivity index (χ1v) is 13.1. The first-order chi connectivity index (χ1) is 18.2. The SMILES string of the molecule is Cc1nc2cc(NC(=O)N(Cc3ccccc3)Cc3ccc(C(=O)N[C@H](C(=O)O)C(C)C)cc3)ccc2s1. The van der Waals surface area contributed by atoms with Gasteiger partial charge in [-0.15, -0.1) is 11.3 Å². The number of hydrogen-bond donors (Lipinski definition) is 3. The fourth-order valence-corrected chi connectivity index (χ4v) is 4.85. The molecule has 0 radical (unpaired) electrons. The Morgan fingerprint density at radius 1 is 0.947 bits per heavy atom. The van der Waals surface area contributed by atoms with Crippen LogP contribution in [-0.2, 0) is 17.9 Å². The second kappa shape index (κ2) is 11.9. The van der Waals surface area contributed by atoms with Crippen molar-refractivity contribution in [2.24, 2.45) is 5.92 Å². The van der Waals surface area contributed by atoms with E-state index in [0.29, 0.717) is 24.3 Å². The van der Waals surface area contributed by atoms with E-state index in [1.807, 2.05) is 55.5 Å². The summed E-state index contributed by atoms with van der Waals surface area (Å²) in [7, 11) is 0. The zero-order valence-electron chi connectivity index (χ0n) is 21.5. The number of fused-ring (bicyclic) bond motifs is 1. The first-order valence-electron chi connectivity index (χ1n) is 12.3.